The Labute approximate surface area is 163 Å². The first-order valence-corrected chi connectivity index (χ1v) is 11.2. The molecule has 1 aromatic carbocycles. The van der Waals surface area contributed by atoms with Crippen LogP contribution in [0.5, 0.6) is 0 Å². The topological polar surface area (TPSA) is 86.4 Å². The summed E-state index contributed by atoms with van der Waals surface area (Å²) in [4.78, 5) is 22.4. The number of aromatic amines is 1. The number of nitrogens with one attached hydrogen (secondary N) is 1. The first-order valence-electron chi connectivity index (χ1n) is 9.37. The lowest BCUT2D eigenvalue weighted by atomic mass is 10.1. The fourth-order valence-electron chi connectivity index (χ4n) is 4.03. The number of hydrogen-bond acceptors (Lipinski definition) is 5. The Kier molecular flexibility index (Phi) is 5.07. The van der Waals surface area contributed by atoms with Gasteiger partial charge in [-0.05, 0) is 43.5 Å². The summed E-state index contributed by atoms with van der Waals surface area (Å²) in [7, 11) is -3.33. The molecule has 9 heteroatoms. The second-order valence-corrected chi connectivity index (χ2v) is 9.46. The summed E-state index contributed by atoms with van der Waals surface area (Å²) in [6.07, 6.45) is 3.38. The average molecular weight is 406 g/mol. The fraction of sp³-hybridized carbons (Fsp3) is 0.474. The quantitative estimate of drug-likeness (QED) is 0.833. The van der Waals surface area contributed by atoms with Crippen molar-refractivity contribution in [3.63, 3.8) is 0 Å². The van der Waals surface area contributed by atoms with E-state index >= 15 is 0 Å². The van der Waals surface area contributed by atoms with Gasteiger partial charge in [-0.1, -0.05) is 12.1 Å². The van der Waals surface area contributed by atoms with Crippen LogP contribution in [0.3, 0.4) is 0 Å². The lowest BCUT2D eigenvalue weighted by molar-refractivity contribution is 0.238. The summed E-state index contributed by atoms with van der Waals surface area (Å²) in [6.45, 7) is 1.94. The molecule has 2 aromatic rings. The van der Waals surface area contributed by atoms with Crippen LogP contribution in [0.15, 0.2) is 29.1 Å². The lowest BCUT2D eigenvalue weighted by Crippen LogP contribution is -2.39. The zero-order valence-corrected chi connectivity index (χ0v) is 16.5. The molecule has 1 saturated heterocycles. The third-order valence-corrected chi connectivity index (χ3v) is 6.75. The van der Waals surface area contributed by atoms with Crippen LogP contribution in [-0.2, 0) is 29.5 Å². The molecule has 0 radical (unpaired) electrons. The summed E-state index contributed by atoms with van der Waals surface area (Å²) < 4.78 is 38.3. The van der Waals surface area contributed by atoms with E-state index in [1.54, 1.807) is 12.1 Å². The maximum Gasteiger partial charge on any atom is 0.254 e. The molecule has 0 saturated carbocycles. The van der Waals surface area contributed by atoms with Gasteiger partial charge in [0.25, 0.3) is 5.56 Å². The molecule has 7 nitrogen and oxygen atoms in total. The summed E-state index contributed by atoms with van der Waals surface area (Å²) in [5.41, 5.74) is 1.94. The molecule has 0 aliphatic carbocycles. The van der Waals surface area contributed by atoms with Gasteiger partial charge in [0, 0.05) is 18.7 Å². The van der Waals surface area contributed by atoms with E-state index in [9.17, 15) is 17.6 Å². The van der Waals surface area contributed by atoms with E-state index in [-0.39, 0.29) is 24.0 Å². The van der Waals surface area contributed by atoms with Gasteiger partial charge in [-0.2, -0.15) is 4.31 Å². The minimum absolute atomic E-state index is 0.0448. The standard InChI is InChI=1S/C19H23FN4O3S/c1-28(26,27)24-10-8-15-16(12-24)21-18(22-19(15)25)17-3-2-9-23(17)11-13-4-6-14(20)7-5-13/h4-7,17H,2-3,8-12H2,1H3,(H,21,22,25). The van der Waals surface area contributed by atoms with Crippen LogP contribution in [0.25, 0.3) is 0 Å². The molecule has 0 spiro atoms. The number of aromatic nitrogens is 2. The minimum Gasteiger partial charge on any atom is -0.309 e. The minimum atomic E-state index is -3.33. The highest BCUT2D eigenvalue weighted by Crippen LogP contribution is 2.31. The SMILES string of the molecule is CS(=O)(=O)N1CCc2c(nc(C3CCCN3Cc3ccc(F)cc3)[nH]c2=O)C1. The largest absolute Gasteiger partial charge is 0.309 e. The zero-order chi connectivity index (χ0) is 19.9. The van der Waals surface area contributed by atoms with Crippen molar-refractivity contribution in [2.45, 2.75) is 38.4 Å². The van der Waals surface area contributed by atoms with Gasteiger partial charge in [0.1, 0.15) is 11.6 Å². The number of likely N-dealkylation sites (tertiary alicyclic amines) is 1. The molecule has 4 rings (SSSR count). The van der Waals surface area contributed by atoms with Crippen molar-refractivity contribution in [1.29, 1.82) is 0 Å². The van der Waals surface area contributed by atoms with Crippen molar-refractivity contribution in [3.8, 4) is 0 Å². The van der Waals surface area contributed by atoms with Crippen molar-refractivity contribution < 1.29 is 12.8 Å². The van der Waals surface area contributed by atoms with Gasteiger partial charge in [-0.25, -0.2) is 17.8 Å². The Morgan fingerprint density at radius 1 is 1.25 bits per heavy atom. The first-order chi connectivity index (χ1) is 13.3. The fourth-order valence-corrected chi connectivity index (χ4v) is 4.80. The molecule has 1 fully saturated rings. The summed E-state index contributed by atoms with van der Waals surface area (Å²) in [5, 5.41) is 0. The highest BCUT2D eigenvalue weighted by Gasteiger charge is 2.31. The Morgan fingerprint density at radius 2 is 2.00 bits per heavy atom. The van der Waals surface area contributed by atoms with Crippen molar-refractivity contribution >= 4 is 10.0 Å². The van der Waals surface area contributed by atoms with E-state index in [2.05, 4.69) is 14.9 Å². The number of sulfonamides is 1. The molecule has 2 aliphatic rings. The third-order valence-electron chi connectivity index (χ3n) is 5.50. The van der Waals surface area contributed by atoms with Crippen LogP contribution in [-0.4, -0.2) is 46.9 Å². The van der Waals surface area contributed by atoms with E-state index in [1.165, 1.54) is 22.7 Å². The van der Waals surface area contributed by atoms with Crippen molar-refractivity contribution in [2.75, 3.05) is 19.3 Å². The smallest absolute Gasteiger partial charge is 0.254 e. The molecular weight excluding hydrogens is 383 g/mol. The van der Waals surface area contributed by atoms with E-state index in [4.69, 9.17) is 0 Å². The molecular formula is C19H23FN4O3S. The maximum atomic E-state index is 13.2. The van der Waals surface area contributed by atoms with E-state index < -0.39 is 10.0 Å². The van der Waals surface area contributed by atoms with Gasteiger partial charge in [0.15, 0.2) is 0 Å². The Bertz CT molecular complexity index is 1040. The van der Waals surface area contributed by atoms with Crippen molar-refractivity contribution in [2.24, 2.45) is 0 Å². The molecule has 0 amide bonds. The Balaban J connectivity index is 1.61. The number of halogens is 1. The van der Waals surface area contributed by atoms with E-state index in [0.29, 0.717) is 36.6 Å². The van der Waals surface area contributed by atoms with Crippen LogP contribution >= 0.6 is 0 Å². The first kappa shape index (κ1) is 19.2. The summed E-state index contributed by atoms with van der Waals surface area (Å²) >= 11 is 0. The Morgan fingerprint density at radius 3 is 2.71 bits per heavy atom. The zero-order valence-electron chi connectivity index (χ0n) is 15.7. The molecule has 2 aliphatic heterocycles. The highest BCUT2D eigenvalue weighted by molar-refractivity contribution is 7.88. The predicted molar refractivity (Wildman–Crippen MR) is 103 cm³/mol. The van der Waals surface area contributed by atoms with Crippen LogP contribution in [0.1, 0.15) is 41.5 Å². The van der Waals surface area contributed by atoms with Crippen molar-refractivity contribution in [1.82, 2.24) is 19.2 Å². The lowest BCUT2D eigenvalue weighted by Gasteiger charge is -2.28. The molecule has 1 aromatic heterocycles. The molecule has 28 heavy (non-hydrogen) atoms. The second-order valence-electron chi connectivity index (χ2n) is 7.48. The third kappa shape index (κ3) is 3.87. The van der Waals surface area contributed by atoms with Crippen LogP contribution in [0.4, 0.5) is 4.39 Å². The summed E-state index contributed by atoms with van der Waals surface area (Å²) in [5.74, 6) is 0.316. The number of nitrogens with zero attached hydrogens (tertiary/aromatic N) is 3. The van der Waals surface area contributed by atoms with Gasteiger partial charge < -0.3 is 4.98 Å². The number of benzene rings is 1. The second kappa shape index (κ2) is 7.38. The number of rotatable bonds is 4. The molecule has 1 N–H and O–H groups in total. The monoisotopic (exact) mass is 406 g/mol. The van der Waals surface area contributed by atoms with Crippen molar-refractivity contribution in [3.05, 3.63) is 63.1 Å². The van der Waals surface area contributed by atoms with Crippen LogP contribution in [0, 0.1) is 5.82 Å². The van der Waals surface area contributed by atoms with E-state index in [0.717, 1.165) is 24.9 Å². The highest BCUT2D eigenvalue weighted by atomic mass is 32.2. The van der Waals surface area contributed by atoms with Gasteiger partial charge >= 0.3 is 0 Å². The van der Waals surface area contributed by atoms with E-state index in [1.807, 2.05) is 0 Å². The van der Waals surface area contributed by atoms with Crippen LogP contribution < -0.4 is 5.56 Å². The van der Waals surface area contributed by atoms with Gasteiger partial charge in [0.05, 0.1) is 24.5 Å². The normalized spacial score (nSPS) is 21.0. The Hall–Kier alpha value is -2.10. The number of hydrogen-bond donors (Lipinski definition) is 1. The molecule has 3 heterocycles. The predicted octanol–water partition coefficient (Wildman–Crippen LogP) is 1.56. The van der Waals surface area contributed by atoms with Gasteiger partial charge in [0.2, 0.25) is 10.0 Å². The summed E-state index contributed by atoms with van der Waals surface area (Å²) in [6, 6.07) is 6.37. The molecule has 0 bridgehead atoms. The molecule has 1 unspecified atom stereocenters. The number of H-pyrrole nitrogens is 1. The average Bonchev–Trinajstić information content (AvgIpc) is 3.10. The van der Waals surface area contributed by atoms with Gasteiger partial charge in [-0.15, -0.1) is 0 Å². The van der Waals surface area contributed by atoms with Gasteiger partial charge in [-0.3, -0.25) is 9.69 Å². The number of fused-ring (bicyclic) bond motifs is 1. The van der Waals surface area contributed by atoms with Crippen LogP contribution in [0.2, 0.25) is 0 Å². The molecule has 150 valence electrons. The molecule has 1 atom stereocenters. The maximum absolute atomic E-state index is 13.2.